The number of carbonyl (C=O) groups is 1. The number of hydrogen-bond acceptors (Lipinski definition) is 6. The number of ether oxygens (including phenoxy) is 1. The smallest absolute Gasteiger partial charge is 0.250 e. The molecule has 0 aliphatic rings. The van der Waals surface area contributed by atoms with Crippen LogP contribution in [-0.2, 0) is 23.4 Å². The fourth-order valence-corrected chi connectivity index (χ4v) is 4.57. The number of amides is 1. The number of nitrogens with zero attached hydrogens (tertiary/aromatic N) is 4. The Morgan fingerprint density at radius 3 is 2.50 bits per heavy atom. The van der Waals surface area contributed by atoms with Crippen LogP contribution in [0.5, 0.6) is 5.75 Å². The van der Waals surface area contributed by atoms with Gasteiger partial charge >= 0.3 is 0 Å². The third-order valence-electron chi connectivity index (χ3n) is 5.88. The second-order valence-electron chi connectivity index (χ2n) is 9.81. The molecule has 0 atom stereocenters. The van der Waals surface area contributed by atoms with Gasteiger partial charge in [-0.15, -0.1) is 10.2 Å². The SMILES string of the molecule is CCn1c(SCC(=O)N/N=C/c2cccc(OCc3ccccc3)c2)nnc1-c1ccc(C(C)(C)C)cc1. The van der Waals surface area contributed by atoms with Crippen molar-refractivity contribution in [2.24, 2.45) is 5.10 Å². The van der Waals surface area contributed by atoms with Crippen LogP contribution in [0.4, 0.5) is 0 Å². The van der Waals surface area contributed by atoms with Crippen LogP contribution in [0.1, 0.15) is 44.4 Å². The average molecular weight is 528 g/mol. The van der Waals surface area contributed by atoms with Gasteiger partial charge in [-0.05, 0) is 41.2 Å². The van der Waals surface area contributed by atoms with E-state index in [0.717, 1.165) is 28.3 Å². The zero-order valence-electron chi connectivity index (χ0n) is 22.2. The Morgan fingerprint density at radius 1 is 1.03 bits per heavy atom. The Kier molecular flexibility index (Phi) is 8.97. The fraction of sp³-hybridized carbons (Fsp3) is 0.267. The highest BCUT2D eigenvalue weighted by Crippen LogP contribution is 2.27. The van der Waals surface area contributed by atoms with Crippen LogP contribution in [-0.4, -0.2) is 32.6 Å². The standard InChI is InChI=1S/C30H33N5O2S/c1-5-35-28(24-14-16-25(17-15-24)30(2,3)4)33-34-29(35)38-21-27(36)32-31-19-23-12-9-13-26(18-23)37-20-22-10-7-6-8-11-22/h6-19H,5,20-21H2,1-4H3,(H,32,36)/b31-19+. The van der Waals surface area contributed by atoms with Crippen molar-refractivity contribution >= 4 is 23.9 Å². The molecule has 0 saturated carbocycles. The molecule has 4 aromatic rings. The molecule has 4 rings (SSSR count). The van der Waals surface area contributed by atoms with Gasteiger partial charge in [0.2, 0.25) is 0 Å². The zero-order valence-corrected chi connectivity index (χ0v) is 23.0. The summed E-state index contributed by atoms with van der Waals surface area (Å²) in [5.41, 5.74) is 6.87. The number of carbonyl (C=O) groups excluding carboxylic acids is 1. The number of aromatic nitrogens is 3. The van der Waals surface area contributed by atoms with E-state index in [1.165, 1.54) is 17.3 Å². The van der Waals surface area contributed by atoms with E-state index in [4.69, 9.17) is 4.74 Å². The second-order valence-corrected chi connectivity index (χ2v) is 10.7. The molecule has 0 fully saturated rings. The van der Waals surface area contributed by atoms with Gasteiger partial charge in [0.1, 0.15) is 12.4 Å². The van der Waals surface area contributed by atoms with E-state index >= 15 is 0 Å². The Morgan fingerprint density at radius 2 is 1.79 bits per heavy atom. The summed E-state index contributed by atoms with van der Waals surface area (Å²) in [6.07, 6.45) is 1.60. The first kappa shape index (κ1) is 27.1. The highest BCUT2D eigenvalue weighted by atomic mass is 32.2. The summed E-state index contributed by atoms with van der Waals surface area (Å²) in [6.45, 7) is 9.82. The lowest BCUT2D eigenvalue weighted by Crippen LogP contribution is -2.20. The normalized spacial score (nSPS) is 11.6. The first-order valence-electron chi connectivity index (χ1n) is 12.6. The number of thioether (sulfide) groups is 1. The molecule has 8 heteroatoms. The second kappa shape index (κ2) is 12.6. The van der Waals surface area contributed by atoms with Gasteiger partial charge in [-0.1, -0.05) is 99.3 Å². The first-order chi connectivity index (χ1) is 18.3. The molecule has 0 unspecified atom stereocenters. The Hall–Kier alpha value is -3.91. The molecule has 0 spiro atoms. The molecule has 0 aliphatic carbocycles. The quantitative estimate of drug-likeness (QED) is 0.153. The summed E-state index contributed by atoms with van der Waals surface area (Å²) in [7, 11) is 0. The van der Waals surface area contributed by atoms with Crippen LogP contribution >= 0.6 is 11.8 Å². The van der Waals surface area contributed by atoms with Crippen molar-refractivity contribution in [1.29, 1.82) is 0 Å². The average Bonchev–Trinajstić information content (AvgIpc) is 3.34. The van der Waals surface area contributed by atoms with Crippen LogP contribution < -0.4 is 10.2 Å². The third kappa shape index (κ3) is 7.32. The van der Waals surface area contributed by atoms with E-state index < -0.39 is 0 Å². The fourth-order valence-electron chi connectivity index (χ4n) is 3.78. The molecular formula is C30H33N5O2S. The maximum Gasteiger partial charge on any atom is 0.250 e. The van der Waals surface area contributed by atoms with Gasteiger partial charge in [0.05, 0.1) is 12.0 Å². The minimum atomic E-state index is -0.218. The lowest BCUT2D eigenvalue weighted by atomic mass is 9.87. The van der Waals surface area contributed by atoms with Crippen molar-refractivity contribution in [2.75, 3.05) is 5.75 Å². The van der Waals surface area contributed by atoms with Crippen molar-refractivity contribution in [3.63, 3.8) is 0 Å². The van der Waals surface area contributed by atoms with E-state index in [1.54, 1.807) is 6.21 Å². The molecule has 1 heterocycles. The van der Waals surface area contributed by atoms with Crippen LogP contribution in [0.3, 0.4) is 0 Å². The zero-order chi connectivity index (χ0) is 27.0. The minimum Gasteiger partial charge on any atom is -0.489 e. The predicted molar refractivity (Wildman–Crippen MR) is 154 cm³/mol. The van der Waals surface area contributed by atoms with Gasteiger partial charge in [-0.25, -0.2) is 5.43 Å². The van der Waals surface area contributed by atoms with E-state index in [9.17, 15) is 4.79 Å². The summed E-state index contributed by atoms with van der Waals surface area (Å²) in [5, 5.41) is 13.5. The van der Waals surface area contributed by atoms with E-state index in [1.807, 2.05) is 66.1 Å². The Balaban J connectivity index is 1.30. The molecule has 1 N–H and O–H groups in total. The monoisotopic (exact) mass is 527 g/mol. The highest BCUT2D eigenvalue weighted by molar-refractivity contribution is 7.99. The summed E-state index contributed by atoms with van der Waals surface area (Å²) >= 11 is 1.34. The van der Waals surface area contributed by atoms with Crippen molar-refractivity contribution in [3.05, 3.63) is 95.6 Å². The molecule has 38 heavy (non-hydrogen) atoms. The number of benzene rings is 3. The molecule has 0 saturated heterocycles. The molecule has 196 valence electrons. The van der Waals surface area contributed by atoms with Crippen LogP contribution in [0.25, 0.3) is 11.4 Å². The molecular weight excluding hydrogens is 494 g/mol. The molecule has 1 amide bonds. The molecule has 0 bridgehead atoms. The lowest BCUT2D eigenvalue weighted by Gasteiger charge is -2.19. The number of rotatable bonds is 10. The Labute approximate surface area is 228 Å². The largest absolute Gasteiger partial charge is 0.489 e. The molecule has 1 aromatic heterocycles. The number of hydrogen-bond donors (Lipinski definition) is 1. The van der Waals surface area contributed by atoms with Gasteiger partial charge in [0, 0.05) is 12.1 Å². The van der Waals surface area contributed by atoms with Crippen LogP contribution in [0.2, 0.25) is 0 Å². The summed E-state index contributed by atoms with van der Waals surface area (Å²) in [5.74, 6) is 1.49. The molecule has 0 radical (unpaired) electrons. The number of nitrogens with one attached hydrogen (secondary N) is 1. The van der Waals surface area contributed by atoms with Crippen molar-refractivity contribution in [2.45, 2.75) is 51.4 Å². The maximum absolute atomic E-state index is 12.4. The first-order valence-corrected chi connectivity index (χ1v) is 13.6. The molecule has 0 aliphatic heterocycles. The third-order valence-corrected chi connectivity index (χ3v) is 6.85. The minimum absolute atomic E-state index is 0.0900. The summed E-state index contributed by atoms with van der Waals surface area (Å²) in [6, 6.07) is 26.0. The van der Waals surface area contributed by atoms with E-state index in [-0.39, 0.29) is 17.1 Å². The van der Waals surface area contributed by atoms with Crippen LogP contribution in [0, 0.1) is 0 Å². The maximum atomic E-state index is 12.4. The van der Waals surface area contributed by atoms with Gasteiger partial charge in [0.15, 0.2) is 11.0 Å². The van der Waals surface area contributed by atoms with Crippen molar-refractivity contribution < 1.29 is 9.53 Å². The van der Waals surface area contributed by atoms with E-state index in [2.05, 4.69) is 65.8 Å². The lowest BCUT2D eigenvalue weighted by molar-refractivity contribution is -0.118. The van der Waals surface area contributed by atoms with Gasteiger partial charge < -0.3 is 9.30 Å². The van der Waals surface area contributed by atoms with Gasteiger partial charge in [-0.2, -0.15) is 5.10 Å². The van der Waals surface area contributed by atoms with Crippen molar-refractivity contribution in [1.82, 2.24) is 20.2 Å². The number of hydrazone groups is 1. The van der Waals surface area contributed by atoms with E-state index in [0.29, 0.717) is 18.3 Å². The molecule has 7 nitrogen and oxygen atoms in total. The van der Waals surface area contributed by atoms with Gasteiger partial charge in [-0.3, -0.25) is 4.79 Å². The van der Waals surface area contributed by atoms with Crippen molar-refractivity contribution in [3.8, 4) is 17.1 Å². The summed E-state index contributed by atoms with van der Waals surface area (Å²) < 4.78 is 7.88. The topological polar surface area (TPSA) is 81.4 Å². The highest BCUT2D eigenvalue weighted by Gasteiger charge is 2.17. The summed E-state index contributed by atoms with van der Waals surface area (Å²) in [4.78, 5) is 12.4. The Bertz CT molecular complexity index is 1380. The van der Waals surface area contributed by atoms with Gasteiger partial charge in [0.25, 0.3) is 5.91 Å². The molecule has 3 aromatic carbocycles. The van der Waals surface area contributed by atoms with Crippen LogP contribution in [0.15, 0.2) is 89.1 Å². The predicted octanol–water partition coefficient (Wildman–Crippen LogP) is 6.08.